The summed E-state index contributed by atoms with van der Waals surface area (Å²) in [4.78, 5) is 2.52. The Labute approximate surface area is 114 Å². The van der Waals surface area contributed by atoms with Crippen LogP contribution in [0.3, 0.4) is 0 Å². The lowest BCUT2D eigenvalue weighted by Crippen LogP contribution is -2.20. The SMILES string of the molecule is COc1ccccc1-n1cccc1CN1CCCC1. The molecule has 1 saturated heterocycles. The minimum atomic E-state index is 0.918. The molecule has 3 heteroatoms. The van der Waals surface area contributed by atoms with Crippen LogP contribution in [0.2, 0.25) is 0 Å². The van der Waals surface area contributed by atoms with Gasteiger partial charge < -0.3 is 9.30 Å². The number of rotatable bonds is 4. The molecular weight excluding hydrogens is 236 g/mol. The van der Waals surface area contributed by atoms with Gasteiger partial charge in [-0.25, -0.2) is 0 Å². The Balaban J connectivity index is 1.90. The van der Waals surface area contributed by atoms with Gasteiger partial charge >= 0.3 is 0 Å². The van der Waals surface area contributed by atoms with E-state index in [4.69, 9.17) is 4.74 Å². The zero-order chi connectivity index (χ0) is 13.1. The van der Waals surface area contributed by atoms with Crippen LogP contribution < -0.4 is 4.74 Å². The minimum absolute atomic E-state index is 0.918. The Hall–Kier alpha value is -1.74. The summed E-state index contributed by atoms with van der Waals surface area (Å²) in [5.74, 6) is 0.918. The standard InChI is InChI=1S/C16H20N2O/c1-19-16-9-3-2-8-15(16)18-12-6-7-14(18)13-17-10-4-5-11-17/h2-3,6-9,12H,4-5,10-11,13H2,1H3. The topological polar surface area (TPSA) is 17.4 Å². The van der Waals surface area contributed by atoms with Crippen molar-refractivity contribution in [3.8, 4) is 11.4 Å². The summed E-state index contributed by atoms with van der Waals surface area (Å²) in [6.45, 7) is 3.46. The molecule has 0 radical (unpaired) electrons. The smallest absolute Gasteiger partial charge is 0.142 e. The normalized spacial score (nSPS) is 15.8. The Morgan fingerprint density at radius 1 is 1.05 bits per heavy atom. The second-order valence-electron chi connectivity index (χ2n) is 5.02. The molecule has 0 N–H and O–H groups in total. The van der Waals surface area contributed by atoms with Gasteiger partial charge in [0.15, 0.2) is 0 Å². The summed E-state index contributed by atoms with van der Waals surface area (Å²) in [7, 11) is 1.72. The van der Waals surface area contributed by atoms with Crippen molar-refractivity contribution < 1.29 is 4.74 Å². The maximum Gasteiger partial charge on any atom is 0.142 e. The molecule has 3 nitrogen and oxygen atoms in total. The van der Waals surface area contributed by atoms with E-state index in [0.717, 1.165) is 18.0 Å². The Bertz CT molecular complexity index is 541. The fraction of sp³-hybridized carbons (Fsp3) is 0.375. The average molecular weight is 256 g/mol. The maximum absolute atomic E-state index is 5.46. The summed E-state index contributed by atoms with van der Waals surface area (Å²) in [6, 6.07) is 12.5. The Morgan fingerprint density at radius 3 is 2.63 bits per heavy atom. The first-order valence-electron chi connectivity index (χ1n) is 6.90. The van der Waals surface area contributed by atoms with Crippen LogP contribution in [-0.4, -0.2) is 29.7 Å². The summed E-state index contributed by atoms with van der Waals surface area (Å²) >= 11 is 0. The van der Waals surface area contributed by atoms with Crippen molar-refractivity contribution in [2.45, 2.75) is 19.4 Å². The number of hydrogen-bond acceptors (Lipinski definition) is 2. The lowest BCUT2D eigenvalue weighted by molar-refractivity contribution is 0.325. The van der Waals surface area contributed by atoms with E-state index < -0.39 is 0 Å². The fourth-order valence-electron chi connectivity index (χ4n) is 2.78. The van der Waals surface area contributed by atoms with Gasteiger partial charge in [0, 0.05) is 18.4 Å². The molecule has 0 bridgehead atoms. The number of benzene rings is 1. The van der Waals surface area contributed by atoms with E-state index in [1.54, 1.807) is 7.11 Å². The van der Waals surface area contributed by atoms with Crippen LogP contribution in [0.15, 0.2) is 42.6 Å². The fourth-order valence-corrected chi connectivity index (χ4v) is 2.78. The zero-order valence-electron chi connectivity index (χ0n) is 11.4. The van der Waals surface area contributed by atoms with Gasteiger partial charge in [0.2, 0.25) is 0 Å². The quantitative estimate of drug-likeness (QED) is 0.836. The van der Waals surface area contributed by atoms with Crippen LogP contribution in [0, 0.1) is 0 Å². The number of likely N-dealkylation sites (tertiary alicyclic amines) is 1. The first-order valence-corrected chi connectivity index (χ1v) is 6.90. The third-order valence-corrected chi connectivity index (χ3v) is 3.76. The monoisotopic (exact) mass is 256 g/mol. The molecule has 1 aromatic carbocycles. The van der Waals surface area contributed by atoms with Crippen molar-refractivity contribution in [2.75, 3.05) is 20.2 Å². The second-order valence-corrected chi connectivity index (χ2v) is 5.02. The number of nitrogens with zero attached hydrogens (tertiary/aromatic N) is 2. The summed E-state index contributed by atoms with van der Waals surface area (Å²) in [6.07, 6.45) is 4.77. The van der Waals surface area contributed by atoms with Crippen molar-refractivity contribution in [1.82, 2.24) is 9.47 Å². The van der Waals surface area contributed by atoms with E-state index in [0.29, 0.717) is 0 Å². The highest BCUT2D eigenvalue weighted by Crippen LogP contribution is 2.25. The van der Waals surface area contributed by atoms with Crippen molar-refractivity contribution in [1.29, 1.82) is 0 Å². The van der Waals surface area contributed by atoms with Gasteiger partial charge in [-0.2, -0.15) is 0 Å². The van der Waals surface area contributed by atoms with Crippen molar-refractivity contribution in [3.63, 3.8) is 0 Å². The Kier molecular flexibility index (Phi) is 3.56. The van der Waals surface area contributed by atoms with Crippen LogP contribution >= 0.6 is 0 Å². The third kappa shape index (κ3) is 2.51. The van der Waals surface area contributed by atoms with Crippen molar-refractivity contribution in [3.05, 3.63) is 48.3 Å². The largest absolute Gasteiger partial charge is 0.495 e. The van der Waals surface area contributed by atoms with Gasteiger partial charge in [0.25, 0.3) is 0 Å². The molecule has 2 aromatic rings. The van der Waals surface area contributed by atoms with Gasteiger partial charge in [-0.05, 0) is 50.2 Å². The Morgan fingerprint density at radius 2 is 1.84 bits per heavy atom. The van der Waals surface area contributed by atoms with Crippen molar-refractivity contribution in [2.24, 2.45) is 0 Å². The van der Waals surface area contributed by atoms with Crippen LogP contribution in [0.25, 0.3) is 5.69 Å². The van der Waals surface area contributed by atoms with Crippen LogP contribution in [-0.2, 0) is 6.54 Å². The first-order chi connectivity index (χ1) is 9.38. The maximum atomic E-state index is 5.46. The number of hydrogen-bond donors (Lipinski definition) is 0. The lowest BCUT2D eigenvalue weighted by atomic mass is 10.2. The van der Waals surface area contributed by atoms with Gasteiger partial charge in [-0.15, -0.1) is 0 Å². The summed E-state index contributed by atoms with van der Waals surface area (Å²) in [5, 5.41) is 0. The number of para-hydroxylation sites is 2. The van der Waals surface area contributed by atoms with Crippen LogP contribution in [0.4, 0.5) is 0 Å². The highest BCUT2D eigenvalue weighted by molar-refractivity contribution is 5.48. The second kappa shape index (κ2) is 5.49. The molecule has 0 aliphatic carbocycles. The molecule has 2 heterocycles. The molecule has 1 aliphatic heterocycles. The average Bonchev–Trinajstić information content (AvgIpc) is 3.11. The first kappa shape index (κ1) is 12.3. The summed E-state index contributed by atoms with van der Waals surface area (Å²) < 4.78 is 7.69. The molecule has 0 atom stereocenters. The van der Waals surface area contributed by atoms with Crippen LogP contribution in [0.1, 0.15) is 18.5 Å². The molecule has 0 unspecified atom stereocenters. The minimum Gasteiger partial charge on any atom is -0.495 e. The predicted octanol–water partition coefficient (Wildman–Crippen LogP) is 3.08. The number of ether oxygens (including phenoxy) is 1. The van der Waals surface area contributed by atoms with Gasteiger partial charge in [-0.3, -0.25) is 4.90 Å². The van der Waals surface area contributed by atoms with Gasteiger partial charge in [0.1, 0.15) is 5.75 Å². The highest BCUT2D eigenvalue weighted by atomic mass is 16.5. The number of methoxy groups -OCH3 is 1. The number of aromatic nitrogens is 1. The molecule has 19 heavy (non-hydrogen) atoms. The molecule has 0 spiro atoms. The van der Waals surface area contributed by atoms with E-state index >= 15 is 0 Å². The van der Waals surface area contributed by atoms with Gasteiger partial charge in [-0.1, -0.05) is 12.1 Å². The van der Waals surface area contributed by atoms with Crippen molar-refractivity contribution >= 4 is 0 Å². The van der Waals surface area contributed by atoms with E-state index in [2.05, 4.69) is 39.9 Å². The van der Waals surface area contributed by atoms with E-state index in [1.807, 2.05) is 12.1 Å². The van der Waals surface area contributed by atoms with Gasteiger partial charge in [0.05, 0.1) is 12.8 Å². The van der Waals surface area contributed by atoms with E-state index in [-0.39, 0.29) is 0 Å². The zero-order valence-corrected chi connectivity index (χ0v) is 11.4. The van der Waals surface area contributed by atoms with Crippen LogP contribution in [0.5, 0.6) is 5.75 Å². The highest BCUT2D eigenvalue weighted by Gasteiger charge is 2.15. The van der Waals surface area contributed by atoms with E-state index in [1.165, 1.54) is 31.6 Å². The molecular formula is C16H20N2O. The predicted molar refractivity (Wildman–Crippen MR) is 76.8 cm³/mol. The molecule has 1 aliphatic rings. The molecule has 3 rings (SSSR count). The molecule has 1 fully saturated rings. The van der Waals surface area contributed by atoms with E-state index in [9.17, 15) is 0 Å². The third-order valence-electron chi connectivity index (χ3n) is 3.76. The molecule has 100 valence electrons. The molecule has 0 amide bonds. The lowest BCUT2D eigenvalue weighted by Gasteiger charge is -2.18. The molecule has 1 aromatic heterocycles. The summed E-state index contributed by atoms with van der Waals surface area (Å²) in [5.41, 5.74) is 2.44. The molecule has 0 saturated carbocycles.